The molecule has 4 nitrogen and oxygen atoms in total. The maximum atomic E-state index is 11.1. The fourth-order valence-corrected chi connectivity index (χ4v) is 3.34. The minimum Gasteiger partial charge on any atom is -0.366 e. The van der Waals surface area contributed by atoms with Gasteiger partial charge in [0.2, 0.25) is 5.91 Å². The molecule has 2 unspecified atom stereocenters. The molecule has 0 radical (unpaired) electrons. The molecule has 1 saturated heterocycles. The van der Waals surface area contributed by atoms with Gasteiger partial charge in [0.1, 0.15) is 0 Å². The van der Waals surface area contributed by atoms with Crippen LogP contribution < -0.4 is 11.1 Å². The molecule has 17 heavy (non-hydrogen) atoms. The van der Waals surface area contributed by atoms with E-state index in [1.807, 2.05) is 24.0 Å². The predicted octanol–water partition coefficient (Wildman–Crippen LogP) is 0.380. The molecule has 0 aromatic heterocycles. The summed E-state index contributed by atoms with van der Waals surface area (Å²) in [5.74, 6) is 1.72. The highest BCUT2D eigenvalue weighted by Gasteiger charge is 2.28. The van der Waals surface area contributed by atoms with Gasteiger partial charge in [0.25, 0.3) is 0 Å². The zero-order chi connectivity index (χ0) is 11.8. The van der Waals surface area contributed by atoms with Crippen molar-refractivity contribution in [2.45, 2.75) is 12.1 Å². The lowest BCUT2D eigenvalue weighted by Crippen LogP contribution is -2.42. The lowest BCUT2D eigenvalue weighted by Gasteiger charge is -2.21. The summed E-state index contributed by atoms with van der Waals surface area (Å²) in [6, 6.07) is 0.495. The Morgan fingerprint density at radius 3 is 3.29 bits per heavy atom. The number of nitrogens with one attached hydrogen (secondary N) is 1. The maximum absolute atomic E-state index is 11.1. The summed E-state index contributed by atoms with van der Waals surface area (Å²) in [6.07, 6.45) is 7.43. The van der Waals surface area contributed by atoms with Crippen molar-refractivity contribution >= 4 is 23.4 Å². The third-order valence-corrected chi connectivity index (χ3v) is 4.24. The molecule has 2 aliphatic heterocycles. The normalized spacial score (nSPS) is 30.7. The maximum Gasteiger partial charge on any atom is 0.248 e. The van der Waals surface area contributed by atoms with Gasteiger partial charge in [0.05, 0.1) is 11.8 Å². The van der Waals surface area contributed by atoms with E-state index in [0.29, 0.717) is 11.6 Å². The van der Waals surface area contributed by atoms with E-state index in [4.69, 9.17) is 5.73 Å². The van der Waals surface area contributed by atoms with Gasteiger partial charge in [0, 0.05) is 29.3 Å². The van der Waals surface area contributed by atoms with Gasteiger partial charge in [0.15, 0.2) is 0 Å². The van der Waals surface area contributed by atoms with Gasteiger partial charge in [-0.15, -0.1) is 0 Å². The Hall–Kier alpha value is -1.33. The molecule has 1 aliphatic carbocycles. The molecule has 1 fully saturated rings. The Bertz CT molecular complexity index is 490. The van der Waals surface area contributed by atoms with E-state index in [0.717, 1.165) is 17.2 Å². The molecular formula is C12H13N3OS. The van der Waals surface area contributed by atoms with Crippen LogP contribution in [0.4, 0.5) is 0 Å². The number of nitrogens with two attached hydrogens (primary N) is 1. The largest absolute Gasteiger partial charge is 0.366 e. The smallest absolute Gasteiger partial charge is 0.248 e. The van der Waals surface area contributed by atoms with Gasteiger partial charge >= 0.3 is 0 Å². The summed E-state index contributed by atoms with van der Waals surface area (Å²) >= 11 is 1.92. The quantitative estimate of drug-likeness (QED) is 0.704. The van der Waals surface area contributed by atoms with Gasteiger partial charge in [-0.25, -0.2) is 0 Å². The minimum absolute atomic E-state index is 0.0931. The van der Waals surface area contributed by atoms with Crippen LogP contribution in [0, 0.1) is 0 Å². The summed E-state index contributed by atoms with van der Waals surface area (Å²) in [6.45, 7) is 0. The number of thioether (sulfide) groups is 1. The molecule has 2 atom stereocenters. The predicted molar refractivity (Wildman–Crippen MR) is 70.0 cm³/mol. The summed E-state index contributed by atoms with van der Waals surface area (Å²) in [5.41, 5.74) is 7.98. The third kappa shape index (κ3) is 1.96. The summed E-state index contributed by atoms with van der Waals surface area (Å²) in [4.78, 5) is 15.6. The first-order valence-electron chi connectivity index (χ1n) is 5.54. The zero-order valence-corrected chi connectivity index (χ0v) is 10.0. The summed E-state index contributed by atoms with van der Waals surface area (Å²) in [7, 11) is 0. The third-order valence-electron chi connectivity index (χ3n) is 3.14. The Labute approximate surface area is 104 Å². The van der Waals surface area contributed by atoms with Crippen molar-refractivity contribution in [3.05, 3.63) is 35.6 Å². The molecule has 0 aromatic rings. The van der Waals surface area contributed by atoms with Crippen LogP contribution in [0.5, 0.6) is 0 Å². The van der Waals surface area contributed by atoms with Crippen LogP contribution in [0.15, 0.2) is 40.6 Å². The molecule has 0 bridgehead atoms. The zero-order valence-electron chi connectivity index (χ0n) is 9.22. The fraction of sp³-hybridized carbons (Fsp3) is 0.333. The number of aliphatic imine (C=N–C) groups is 1. The molecule has 5 heteroatoms. The summed E-state index contributed by atoms with van der Waals surface area (Å²) in [5, 5.41) is 3.54. The second kappa shape index (κ2) is 4.16. The number of fused-ring (bicyclic) bond motifs is 2. The molecule has 3 N–H and O–H groups in total. The monoisotopic (exact) mass is 247 g/mol. The van der Waals surface area contributed by atoms with E-state index in [1.54, 1.807) is 12.2 Å². The number of rotatable bonds is 1. The number of hydrogen-bond acceptors (Lipinski definition) is 4. The molecule has 3 rings (SSSR count). The first kappa shape index (κ1) is 10.8. The van der Waals surface area contributed by atoms with Crippen LogP contribution in [0.3, 0.4) is 0 Å². The van der Waals surface area contributed by atoms with Crippen LogP contribution in [-0.4, -0.2) is 35.2 Å². The van der Waals surface area contributed by atoms with E-state index in [-0.39, 0.29) is 6.04 Å². The Balaban J connectivity index is 1.93. The van der Waals surface area contributed by atoms with Crippen molar-refractivity contribution in [2.75, 3.05) is 11.5 Å². The first-order chi connectivity index (χ1) is 8.24. The Kier molecular flexibility index (Phi) is 2.64. The highest BCUT2D eigenvalue weighted by molar-refractivity contribution is 7.99. The van der Waals surface area contributed by atoms with Gasteiger partial charge in [-0.05, 0) is 11.6 Å². The molecule has 0 spiro atoms. The lowest BCUT2D eigenvalue weighted by molar-refractivity contribution is -0.114. The average molecular weight is 247 g/mol. The van der Waals surface area contributed by atoms with Crippen molar-refractivity contribution in [1.29, 1.82) is 0 Å². The van der Waals surface area contributed by atoms with E-state index in [2.05, 4.69) is 10.3 Å². The topological polar surface area (TPSA) is 67.5 Å². The van der Waals surface area contributed by atoms with E-state index in [1.165, 1.54) is 5.57 Å². The lowest BCUT2D eigenvalue weighted by atomic mass is 9.99. The summed E-state index contributed by atoms with van der Waals surface area (Å²) < 4.78 is 0. The molecule has 0 saturated carbocycles. The molecule has 2 heterocycles. The van der Waals surface area contributed by atoms with Gasteiger partial charge in [-0.3, -0.25) is 15.1 Å². The standard InChI is InChI=1S/C12H13N3OS/c13-12(16)7-1-2-9-10(3-7)14-4-8-5-17-6-11(8)15-9/h1-4,9,11,15H,5-6H2,(H2,13,16). The van der Waals surface area contributed by atoms with E-state index < -0.39 is 5.91 Å². The molecule has 0 aromatic carbocycles. The second-order valence-electron chi connectivity index (χ2n) is 4.29. The number of carbonyl (C=O) groups is 1. The van der Waals surface area contributed by atoms with Crippen LogP contribution in [-0.2, 0) is 4.79 Å². The van der Waals surface area contributed by atoms with Gasteiger partial charge < -0.3 is 5.73 Å². The minimum atomic E-state index is -0.407. The van der Waals surface area contributed by atoms with Crippen molar-refractivity contribution in [2.24, 2.45) is 10.7 Å². The van der Waals surface area contributed by atoms with Crippen LogP contribution in [0.1, 0.15) is 0 Å². The van der Waals surface area contributed by atoms with Crippen molar-refractivity contribution < 1.29 is 4.79 Å². The van der Waals surface area contributed by atoms with Crippen molar-refractivity contribution in [3.63, 3.8) is 0 Å². The molecular weight excluding hydrogens is 234 g/mol. The first-order valence-corrected chi connectivity index (χ1v) is 6.69. The number of nitrogens with zero attached hydrogens (tertiary/aromatic N) is 1. The molecule has 88 valence electrons. The van der Waals surface area contributed by atoms with E-state index >= 15 is 0 Å². The van der Waals surface area contributed by atoms with Crippen LogP contribution >= 0.6 is 11.8 Å². The Morgan fingerprint density at radius 1 is 1.59 bits per heavy atom. The number of primary amides is 1. The second-order valence-corrected chi connectivity index (χ2v) is 5.32. The fourth-order valence-electron chi connectivity index (χ4n) is 2.17. The van der Waals surface area contributed by atoms with Crippen molar-refractivity contribution in [3.8, 4) is 0 Å². The van der Waals surface area contributed by atoms with Gasteiger partial charge in [-0.2, -0.15) is 11.8 Å². The van der Waals surface area contributed by atoms with Crippen LogP contribution in [0.25, 0.3) is 0 Å². The number of hydrogen-bond donors (Lipinski definition) is 2. The molecule has 3 aliphatic rings. The van der Waals surface area contributed by atoms with Crippen LogP contribution in [0.2, 0.25) is 0 Å². The van der Waals surface area contributed by atoms with Crippen molar-refractivity contribution in [1.82, 2.24) is 5.32 Å². The number of carbonyl (C=O) groups excluding carboxylic acids is 1. The average Bonchev–Trinajstić information content (AvgIpc) is 2.68. The highest BCUT2D eigenvalue weighted by atomic mass is 32.2. The number of amides is 1. The van der Waals surface area contributed by atoms with Gasteiger partial charge in [-0.1, -0.05) is 12.2 Å². The highest BCUT2D eigenvalue weighted by Crippen LogP contribution is 2.26. The Morgan fingerprint density at radius 2 is 2.47 bits per heavy atom. The van der Waals surface area contributed by atoms with E-state index in [9.17, 15) is 4.79 Å². The SMILES string of the molecule is NC(=O)C1=CC2=NC=C3CSCC3NC2C=C1. The molecule has 1 amide bonds.